The van der Waals surface area contributed by atoms with Gasteiger partial charge in [0.2, 0.25) is 5.91 Å². The quantitative estimate of drug-likeness (QED) is 0.826. The van der Waals surface area contributed by atoms with Crippen LogP contribution in [0.2, 0.25) is 0 Å². The Hall–Kier alpha value is -1.56. The third kappa shape index (κ3) is 3.50. The van der Waals surface area contributed by atoms with Gasteiger partial charge >= 0.3 is 0 Å². The summed E-state index contributed by atoms with van der Waals surface area (Å²) in [7, 11) is -3.00. The van der Waals surface area contributed by atoms with Crippen LogP contribution in [0.3, 0.4) is 0 Å². The van der Waals surface area contributed by atoms with Gasteiger partial charge in [0.15, 0.2) is 9.84 Å². The van der Waals surface area contributed by atoms with Gasteiger partial charge in [-0.1, -0.05) is 12.1 Å². The Morgan fingerprint density at radius 2 is 2.05 bits per heavy atom. The minimum absolute atomic E-state index is 0.0345. The molecule has 0 aromatic heterocycles. The summed E-state index contributed by atoms with van der Waals surface area (Å²) in [5, 5.41) is 0. The van der Waals surface area contributed by atoms with Crippen molar-refractivity contribution in [1.82, 2.24) is 4.90 Å². The molecule has 0 spiro atoms. The predicted octanol–water partition coefficient (Wildman–Crippen LogP) is 1.02. The van der Waals surface area contributed by atoms with Crippen molar-refractivity contribution in [3.63, 3.8) is 0 Å². The third-order valence-electron chi connectivity index (χ3n) is 3.65. The van der Waals surface area contributed by atoms with E-state index in [1.807, 2.05) is 19.1 Å². The maximum atomic E-state index is 12.5. The molecule has 1 aromatic rings. The monoisotopic (exact) mass is 296 g/mol. The van der Waals surface area contributed by atoms with Gasteiger partial charge in [0.25, 0.3) is 0 Å². The number of carbonyl (C=O) groups is 1. The molecule has 6 heteroatoms. The SMILES string of the molecule is CC(C(=O)N1CCCS(=O)(=O)CC1)c1cccc(N)c1. The highest BCUT2D eigenvalue weighted by Crippen LogP contribution is 2.21. The van der Waals surface area contributed by atoms with Crippen LogP contribution < -0.4 is 5.73 Å². The molecule has 20 heavy (non-hydrogen) atoms. The average molecular weight is 296 g/mol. The number of anilines is 1. The topological polar surface area (TPSA) is 80.5 Å². The molecule has 1 heterocycles. The summed E-state index contributed by atoms with van der Waals surface area (Å²) < 4.78 is 23.1. The molecule has 0 bridgehead atoms. The second kappa shape index (κ2) is 5.83. The average Bonchev–Trinajstić information content (AvgIpc) is 2.58. The summed E-state index contributed by atoms with van der Waals surface area (Å²) in [5.41, 5.74) is 7.22. The lowest BCUT2D eigenvalue weighted by atomic mass is 9.99. The fourth-order valence-corrected chi connectivity index (χ4v) is 3.68. The summed E-state index contributed by atoms with van der Waals surface area (Å²) in [5.74, 6) is -0.113. The van der Waals surface area contributed by atoms with Gasteiger partial charge < -0.3 is 10.6 Å². The van der Waals surface area contributed by atoms with Gasteiger partial charge in [0.05, 0.1) is 17.4 Å². The number of nitrogen functional groups attached to an aromatic ring is 1. The summed E-state index contributed by atoms with van der Waals surface area (Å²) >= 11 is 0. The first-order valence-electron chi connectivity index (χ1n) is 6.74. The summed E-state index contributed by atoms with van der Waals surface area (Å²) in [6.07, 6.45) is 0.512. The molecule has 0 saturated carbocycles. The van der Waals surface area contributed by atoms with Gasteiger partial charge in [0, 0.05) is 18.8 Å². The van der Waals surface area contributed by atoms with E-state index < -0.39 is 9.84 Å². The molecule has 1 amide bonds. The Balaban J connectivity index is 2.11. The van der Waals surface area contributed by atoms with Crippen LogP contribution in [-0.2, 0) is 14.6 Å². The zero-order chi connectivity index (χ0) is 14.8. The largest absolute Gasteiger partial charge is 0.399 e. The maximum Gasteiger partial charge on any atom is 0.229 e. The second-order valence-corrected chi connectivity index (χ2v) is 7.53. The zero-order valence-corrected chi connectivity index (χ0v) is 12.4. The van der Waals surface area contributed by atoms with Crippen LogP contribution in [0.4, 0.5) is 5.69 Å². The van der Waals surface area contributed by atoms with Crippen molar-refractivity contribution < 1.29 is 13.2 Å². The van der Waals surface area contributed by atoms with E-state index in [4.69, 9.17) is 5.73 Å². The smallest absolute Gasteiger partial charge is 0.229 e. The van der Waals surface area contributed by atoms with Crippen molar-refractivity contribution in [1.29, 1.82) is 0 Å². The van der Waals surface area contributed by atoms with Crippen LogP contribution in [0.5, 0.6) is 0 Å². The lowest BCUT2D eigenvalue weighted by Crippen LogP contribution is -2.36. The van der Waals surface area contributed by atoms with Crippen molar-refractivity contribution >= 4 is 21.4 Å². The Morgan fingerprint density at radius 1 is 1.30 bits per heavy atom. The van der Waals surface area contributed by atoms with Gasteiger partial charge in [-0.05, 0) is 31.0 Å². The lowest BCUT2D eigenvalue weighted by Gasteiger charge is -2.24. The van der Waals surface area contributed by atoms with E-state index in [0.29, 0.717) is 18.7 Å². The maximum absolute atomic E-state index is 12.5. The Morgan fingerprint density at radius 3 is 2.75 bits per heavy atom. The van der Waals surface area contributed by atoms with E-state index in [-0.39, 0.29) is 29.9 Å². The Labute approximate surface area is 119 Å². The number of rotatable bonds is 2. The molecule has 1 aliphatic heterocycles. The highest BCUT2D eigenvalue weighted by atomic mass is 32.2. The molecule has 1 unspecified atom stereocenters. The number of nitrogens with zero attached hydrogens (tertiary/aromatic N) is 1. The number of nitrogens with two attached hydrogens (primary N) is 1. The Kier molecular flexibility index (Phi) is 4.32. The number of carbonyl (C=O) groups excluding carboxylic acids is 1. The molecular weight excluding hydrogens is 276 g/mol. The van der Waals surface area contributed by atoms with E-state index in [1.165, 1.54) is 0 Å². The highest BCUT2D eigenvalue weighted by molar-refractivity contribution is 7.91. The lowest BCUT2D eigenvalue weighted by molar-refractivity contribution is -0.132. The first-order chi connectivity index (χ1) is 9.39. The van der Waals surface area contributed by atoms with E-state index in [2.05, 4.69) is 0 Å². The van der Waals surface area contributed by atoms with E-state index in [0.717, 1.165) is 5.56 Å². The second-order valence-electron chi connectivity index (χ2n) is 5.22. The summed E-state index contributed by atoms with van der Waals surface area (Å²) in [4.78, 5) is 14.1. The standard InChI is InChI=1S/C14H20N2O3S/c1-11(12-4-2-5-13(15)10-12)14(17)16-6-3-8-20(18,19)9-7-16/h2,4-5,10-11H,3,6-9,15H2,1H3. The number of hydrogen-bond donors (Lipinski definition) is 1. The van der Waals surface area contributed by atoms with Crippen molar-refractivity contribution in [3.8, 4) is 0 Å². The van der Waals surface area contributed by atoms with Crippen LogP contribution >= 0.6 is 0 Å². The fourth-order valence-electron chi connectivity index (χ4n) is 2.40. The number of amides is 1. The van der Waals surface area contributed by atoms with Crippen LogP contribution in [0.1, 0.15) is 24.8 Å². The molecular formula is C14H20N2O3S. The molecule has 0 aliphatic carbocycles. The molecule has 1 saturated heterocycles. The molecule has 1 aromatic carbocycles. The van der Waals surface area contributed by atoms with Crippen LogP contribution in [-0.4, -0.2) is 43.8 Å². The number of sulfone groups is 1. The van der Waals surface area contributed by atoms with E-state index in [9.17, 15) is 13.2 Å². The normalized spacial score (nSPS) is 20.1. The minimum Gasteiger partial charge on any atom is -0.399 e. The zero-order valence-electron chi connectivity index (χ0n) is 11.6. The van der Waals surface area contributed by atoms with Gasteiger partial charge in [-0.25, -0.2) is 8.42 Å². The van der Waals surface area contributed by atoms with Gasteiger partial charge in [0.1, 0.15) is 0 Å². The molecule has 1 aliphatic rings. The van der Waals surface area contributed by atoms with Gasteiger partial charge in [-0.15, -0.1) is 0 Å². The molecule has 5 nitrogen and oxygen atoms in total. The minimum atomic E-state index is -3.00. The first kappa shape index (κ1) is 14.8. The third-order valence-corrected chi connectivity index (χ3v) is 5.36. The Bertz CT molecular complexity index is 598. The fraction of sp³-hybridized carbons (Fsp3) is 0.500. The van der Waals surface area contributed by atoms with Crippen LogP contribution in [0, 0.1) is 0 Å². The first-order valence-corrected chi connectivity index (χ1v) is 8.56. The molecule has 0 radical (unpaired) electrons. The predicted molar refractivity (Wildman–Crippen MR) is 79.1 cm³/mol. The molecule has 1 fully saturated rings. The van der Waals surface area contributed by atoms with E-state index in [1.54, 1.807) is 17.0 Å². The van der Waals surface area contributed by atoms with Crippen LogP contribution in [0.15, 0.2) is 24.3 Å². The molecule has 2 rings (SSSR count). The summed E-state index contributed by atoms with van der Waals surface area (Å²) in [6.45, 7) is 2.62. The van der Waals surface area contributed by atoms with Gasteiger partial charge in [-0.3, -0.25) is 4.79 Å². The van der Waals surface area contributed by atoms with Crippen molar-refractivity contribution in [2.45, 2.75) is 19.3 Å². The molecule has 2 N–H and O–H groups in total. The highest BCUT2D eigenvalue weighted by Gasteiger charge is 2.26. The van der Waals surface area contributed by atoms with E-state index >= 15 is 0 Å². The molecule has 110 valence electrons. The van der Waals surface area contributed by atoms with Crippen molar-refractivity contribution in [2.24, 2.45) is 0 Å². The number of hydrogen-bond acceptors (Lipinski definition) is 4. The van der Waals surface area contributed by atoms with Gasteiger partial charge in [-0.2, -0.15) is 0 Å². The van der Waals surface area contributed by atoms with Crippen molar-refractivity contribution in [2.75, 3.05) is 30.3 Å². The molecule has 1 atom stereocenters. The van der Waals surface area contributed by atoms with Crippen molar-refractivity contribution in [3.05, 3.63) is 29.8 Å². The van der Waals surface area contributed by atoms with Crippen LogP contribution in [0.25, 0.3) is 0 Å². The summed E-state index contributed by atoms with van der Waals surface area (Å²) in [6, 6.07) is 7.26. The number of benzene rings is 1.